The maximum absolute atomic E-state index is 11.6. The number of aliphatic hydroxyl groups excluding tert-OH is 1. The zero-order valence-corrected chi connectivity index (χ0v) is 9.59. The molecule has 0 aliphatic carbocycles. The number of hydrogen-bond donors (Lipinski definition) is 2. The second-order valence-corrected chi connectivity index (χ2v) is 6.25. The van der Waals surface area contributed by atoms with Crippen molar-refractivity contribution in [3.63, 3.8) is 0 Å². The predicted molar refractivity (Wildman–Crippen MR) is 56.1 cm³/mol. The molecule has 5 nitrogen and oxygen atoms in total. The van der Waals surface area contributed by atoms with Gasteiger partial charge < -0.3 is 10.4 Å². The minimum Gasteiger partial charge on any atom is -0.396 e. The monoisotopic (exact) mass is 235 g/mol. The Hall–Kier alpha value is -0.620. The molecular weight excluding hydrogens is 218 g/mol. The van der Waals surface area contributed by atoms with Crippen molar-refractivity contribution in [2.75, 3.05) is 18.1 Å². The van der Waals surface area contributed by atoms with Gasteiger partial charge in [-0.3, -0.25) is 4.79 Å². The van der Waals surface area contributed by atoms with Crippen molar-refractivity contribution in [3.8, 4) is 0 Å². The molecule has 2 atom stereocenters. The molecule has 1 heterocycles. The largest absolute Gasteiger partial charge is 0.396 e. The molecule has 0 radical (unpaired) electrons. The van der Waals surface area contributed by atoms with Gasteiger partial charge in [-0.05, 0) is 19.8 Å². The maximum atomic E-state index is 11.6. The summed E-state index contributed by atoms with van der Waals surface area (Å²) in [6.45, 7) is 1.81. The highest BCUT2D eigenvalue weighted by molar-refractivity contribution is 7.91. The zero-order valence-electron chi connectivity index (χ0n) is 8.77. The van der Waals surface area contributed by atoms with Gasteiger partial charge in [-0.25, -0.2) is 8.42 Å². The molecule has 1 rings (SSSR count). The number of nitrogens with one attached hydrogen (secondary N) is 1. The van der Waals surface area contributed by atoms with Crippen LogP contribution >= 0.6 is 0 Å². The van der Waals surface area contributed by atoms with Crippen LogP contribution in [0.2, 0.25) is 0 Å². The number of hydrogen-bond acceptors (Lipinski definition) is 4. The number of carbonyl (C=O) groups is 1. The first-order valence-electron chi connectivity index (χ1n) is 5.06. The Morgan fingerprint density at radius 2 is 2.27 bits per heavy atom. The molecule has 0 aromatic heterocycles. The van der Waals surface area contributed by atoms with Crippen LogP contribution in [0.5, 0.6) is 0 Å². The van der Waals surface area contributed by atoms with Crippen molar-refractivity contribution in [2.24, 2.45) is 5.92 Å². The lowest BCUT2D eigenvalue weighted by molar-refractivity contribution is -0.124. The Morgan fingerprint density at radius 3 is 2.73 bits per heavy atom. The molecule has 0 spiro atoms. The topological polar surface area (TPSA) is 83.5 Å². The minimum absolute atomic E-state index is 0.0183. The van der Waals surface area contributed by atoms with Crippen molar-refractivity contribution in [1.82, 2.24) is 5.32 Å². The molecule has 2 N–H and O–H groups in total. The summed E-state index contributed by atoms with van der Waals surface area (Å²) in [6, 6.07) is -0.106. The molecule has 1 aliphatic rings. The summed E-state index contributed by atoms with van der Waals surface area (Å²) in [6.07, 6.45) is 0.908. The Balaban J connectivity index is 2.42. The van der Waals surface area contributed by atoms with Crippen LogP contribution in [0.4, 0.5) is 0 Å². The fourth-order valence-electron chi connectivity index (χ4n) is 1.63. The summed E-state index contributed by atoms with van der Waals surface area (Å²) in [7, 11) is -3.00. The van der Waals surface area contributed by atoms with E-state index in [0.717, 1.165) is 0 Å². The van der Waals surface area contributed by atoms with Crippen LogP contribution in [0.15, 0.2) is 0 Å². The van der Waals surface area contributed by atoms with Crippen LogP contribution in [-0.4, -0.2) is 43.6 Å². The average molecular weight is 235 g/mol. The van der Waals surface area contributed by atoms with Gasteiger partial charge in [0, 0.05) is 12.6 Å². The highest BCUT2D eigenvalue weighted by Gasteiger charge is 2.33. The van der Waals surface area contributed by atoms with Crippen LogP contribution in [0.1, 0.15) is 19.8 Å². The summed E-state index contributed by atoms with van der Waals surface area (Å²) < 4.78 is 22.3. The van der Waals surface area contributed by atoms with Crippen molar-refractivity contribution in [2.45, 2.75) is 25.8 Å². The van der Waals surface area contributed by atoms with E-state index in [-0.39, 0.29) is 30.1 Å². The van der Waals surface area contributed by atoms with Crippen LogP contribution in [-0.2, 0) is 14.6 Å². The third-order valence-corrected chi connectivity index (χ3v) is 4.32. The summed E-state index contributed by atoms with van der Waals surface area (Å²) in [4.78, 5) is 11.6. The molecule has 1 amide bonds. The van der Waals surface area contributed by atoms with Gasteiger partial charge in [0.15, 0.2) is 9.84 Å². The molecule has 0 aromatic rings. The smallest absolute Gasteiger partial charge is 0.224 e. The first kappa shape index (κ1) is 12.4. The number of rotatable bonds is 4. The van der Waals surface area contributed by atoms with Crippen LogP contribution in [0.3, 0.4) is 0 Å². The van der Waals surface area contributed by atoms with Gasteiger partial charge >= 0.3 is 0 Å². The van der Waals surface area contributed by atoms with E-state index in [4.69, 9.17) is 5.11 Å². The molecule has 1 fully saturated rings. The summed E-state index contributed by atoms with van der Waals surface area (Å²) in [5.74, 6) is -0.544. The van der Waals surface area contributed by atoms with Gasteiger partial charge in [-0.2, -0.15) is 0 Å². The average Bonchev–Trinajstić information content (AvgIpc) is 2.46. The number of aliphatic hydroxyl groups is 1. The molecule has 1 aliphatic heterocycles. The second-order valence-electron chi connectivity index (χ2n) is 4.02. The SMILES string of the molecule is CC(CCO)NC(=O)C1CCS(=O)(=O)C1. The molecule has 6 heteroatoms. The maximum Gasteiger partial charge on any atom is 0.224 e. The van der Waals surface area contributed by atoms with Gasteiger partial charge in [0.25, 0.3) is 0 Å². The first-order valence-corrected chi connectivity index (χ1v) is 6.88. The highest BCUT2D eigenvalue weighted by Crippen LogP contribution is 2.18. The van der Waals surface area contributed by atoms with E-state index in [1.54, 1.807) is 6.92 Å². The quantitative estimate of drug-likeness (QED) is 0.675. The third-order valence-electron chi connectivity index (χ3n) is 2.55. The van der Waals surface area contributed by atoms with E-state index in [1.165, 1.54) is 0 Å². The van der Waals surface area contributed by atoms with E-state index in [0.29, 0.717) is 12.8 Å². The van der Waals surface area contributed by atoms with Gasteiger partial charge in [0.05, 0.1) is 17.4 Å². The van der Waals surface area contributed by atoms with Crippen molar-refractivity contribution in [1.29, 1.82) is 0 Å². The lowest BCUT2D eigenvalue weighted by atomic mass is 10.1. The van der Waals surface area contributed by atoms with E-state index < -0.39 is 15.8 Å². The fraction of sp³-hybridized carbons (Fsp3) is 0.889. The normalized spacial score (nSPS) is 26.1. The molecule has 1 saturated heterocycles. The second kappa shape index (κ2) is 4.94. The van der Waals surface area contributed by atoms with Gasteiger partial charge in [-0.15, -0.1) is 0 Å². The third kappa shape index (κ3) is 3.79. The molecule has 0 saturated carbocycles. The summed E-state index contributed by atoms with van der Waals surface area (Å²) >= 11 is 0. The molecule has 88 valence electrons. The summed E-state index contributed by atoms with van der Waals surface area (Å²) in [5, 5.41) is 11.3. The van der Waals surface area contributed by atoms with E-state index in [9.17, 15) is 13.2 Å². The van der Waals surface area contributed by atoms with Crippen LogP contribution < -0.4 is 5.32 Å². The van der Waals surface area contributed by atoms with Crippen molar-refractivity contribution >= 4 is 15.7 Å². The molecule has 15 heavy (non-hydrogen) atoms. The van der Waals surface area contributed by atoms with Crippen LogP contribution in [0.25, 0.3) is 0 Å². The van der Waals surface area contributed by atoms with Gasteiger partial charge in [0.1, 0.15) is 0 Å². The molecule has 0 bridgehead atoms. The molecule has 2 unspecified atom stereocenters. The Morgan fingerprint density at radius 1 is 1.60 bits per heavy atom. The number of sulfone groups is 1. The zero-order chi connectivity index (χ0) is 11.5. The highest BCUT2D eigenvalue weighted by atomic mass is 32.2. The standard InChI is InChI=1S/C9H17NO4S/c1-7(2-4-11)10-9(12)8-3-5-15(13,14)6-8/h7-8,11H,2-6H2,1H3,(H,10,12). The summed E-state index contributed by atoms with van der Waals surface area (Å²) in [5.41, 5.74) is 0. The fourth-order valence-corrected chi connectivity index (χ4v) is 3.37. The van der Waals surface area contributed by atoms with E-state index >= 15 is 0 Å². The number of carbonyl (C=O) groups excluding carboxylic acids is 1. The molecule has 0 aromatic carbocycles. The molecular formula is C9H17NO4S. The first-order chi connectivity index (χ1) is 6.94. The van der Waals surface area contributed by atoms with Crippen molar-refractivity contribution in [3.05, 3.63) is 0 Å². The Labute approximate surface area is 89.8 Å². The van der Waals surface area contributed by atoms with Crippen molar-refractivity contribution < 1.29 is 18.3 Å². The lowest BCUT2D eigenvalue weighted by Gasteiger charge is -2.15. The van der Waals surface area contributed by atoms with E-state index in [2.05, 4.69) is 5.32 Å². The van der Waals surface area contributed by atoms with E-state index in [1.807, 2.05) is 0 Å². The van der Waals surface area contributed by atoms with Gasteiger partial charge in [0.2, 0.25) is 5.91 Å². The Kier molecular flexibility index (Phi) is 4.10. The van der Waals surface area contributed by atoms with Crippen LogP contribution in [0, 0.1) is 5.92 Å². The Bertz CT molecular complexity index is 325. The lowest BCUT2D eigenvalue weighted by Crippen LogP contribution is -2.38. The number of amides is 1. The predicted octanol–water partition coefficient (Wildman–Crippen LogP) is -0.692. The van der Waals surface area contributed by atoms with Gasteiger partial charge in [-0.1, -0.05) is 0 Å². The minimum atomic E-state index is -3.00.